The van der Waals surface area contributed by atoms with Gasteiger partial charge in [0.25, 0.3) is 5.91 Å². The Kier molecular flexibility index (Phi) is 8.75. The Labute approximate surface area is 192 Å². The minimum atomic E-state index is -0.0655. The minimum absolute atomic E-state index is 0.0655. The van der Waals surface area contributed by atoms with Gasteiger partial charge < -0.3 is 19.3 Å². The Morgan fingerprint density at radius 1 is 0.875 bits per heavy atom. The molecule has 2 heterocycles. The Morgan fingerprint density at radius 2 is 1.50 bits per heavy atom. The van der Waals surface area contributed by atoms with Gasteiger partial charge in [-0.3, -0.25) is 19.4 Å². The lowest BCUT2D eigenvalue weighted by Crippen LogP contribution is -2.55. The maximum atomic E-state index is 13.1. The van der Waals surface area contributed by atoms with Crippen molar-refractivity contribution in [2.45, 2.75) is 32.7 Å². The summed E-state index contributed by atoms with van der Waals surface area (Å²) in [6, 6.07) is 5.97. The van der Waals surface area contributed by atoms with E-state index in [0.29, 0.717) is 55.8 Å². The maximum absolute atomic E-state index is 13.1. The van der Waals surface area contributed by atoms with E-state index in [0.717, 1.165) is 39.0 Å². The van der Waals surface area contributed by atoms with Crippen LogP contribution in [0.2, 0.25) is 0 Å². The molecule has 0 aliphatic carbocycles. The molecule has 0 N–H and O–H groups in total. The molecule has 178 valence electrons. The minimum Gasteiger partial charge on any atom is -0.493 e. The van der Waals surface area contributed by atoms with Crippen molar-refractivity contribution in [1.29, 1.82) is 0 Å². The lowest BCUT2D eigenvalue weighted by atomic mass is 10.1. The first kappa shape index (κ1) is 24.3. The highest BCUT2D eigenvalue weighted by atomic mass is 16.5. The van der Waals surface area contributed by atoms with Gasteiger partial charge in [-0.25, -0.2) is 0 Å². The molecule has 2 amide bonds. The second-order valence-corrected chi connectivity index (χ2v) is 8.50. The summed E-state index contributed by atoms with van der Waals surface area (Å²) < 4.78 is 10.7. The predicted octanol–water partition coefficient (Wildman–Crippen LogP) is 1.79. The molecule has 0 unspecified atom stereocenters. The number of piperazine rings is 2. The third-order valence-electron chi connectivity index (χ3n) is 6.78. The maximum Gasteiger partial charge on any atom is 0.257 e. The molecule has 2 fully saturated rings. The number of benzene rings is 1. The topological polar surface area (TPSA) is 65.6 Å². The van der Waals surface area contributed by atoms with Crippen LogP contribution in [-0.2, 0) is 4.79 Å². The predicted molar refractivity (Wildman–Crippen MR) is 124 cm³/mol. The SMILES string of the molecule is CCC(CC)N1CCN(C(=O)CN2CCN(C(=O)c3cccc(OC)c3OC)CC2)CC1. The monoisotopic (exact) mass is 446 g/mol. The van der Waals surface area contributed by atoms with E-state index in [1.807, 2.05) is 9.80 Å². The fraction of sp³-hybridized carbons (Fsp3) is 0.667. The van der Waals surface area contributed by atoms with Crippen molar-refractivity contribution in [3.8, 4) is 11.5 Å². The zero-order chi connectivity index (χ0) is 23.1. The fourth-order valence-electron chi connectivity index (χ4n) is 4.77. The first-order chi connectivity index (χ1) is 15.5. The van der Waals surface area contributed by atoms with E-state index in [-0.39, 0.29) is 11.8 Å². The Hall–Kier alpha value is -2.32. The number of hydrogen-bond donors (Lipinski definition) is 0. The molecule has 2 aliphatic rings. The average molecular weight is 447 g/mol. The number of methoxy groups -OCH3 is 2. The largest absolute Gasteiger partial charge is 0.493 e. The van der Waals surface area contributed by atoms with Crippen LogP contribution in [0.5, 0.6) is 11.5 Å². The van der Waals surface area contributed by atoms with E-state index >= 15 is 0 Å². The first-order valence-electron chi connectivity index (χ1n) is 11.8. The van der Waals surface area contributed by atoms with Crippen LogP contribution in [0.4, 0.5) is 0 Å². The highest BCUT2D eigenvalue weighted by Gasteiger charge is 2.29. The van der Waals surface area contributed by atoms with Gasteiger partial charge in [0.2, 0.25) is 5.91 Å². The molecule has 0 atom stereocenters. The molecule has 0 saturated carbocycles. The highest BCUT2D eigenvalue weighted by molar-refractivity contribution is 5.98. The van der Waals surface area contributed by atoms with Crippen LogP contribution >= 0.6 is 0 Å². The molecule has 2 aliphatic heterocycles. The van der Waals surface area contributed by atoms with Crippen molar-refractivity contribution in [2.75, 3.05) is 73.1 Å². The van der Waals surface area contributed by atoms with Crippen molar-refractivity contribution in [1.82, 2.24) is 19.6 Å². The van der Waals surface area contributed by atoms with E-state index in [1.54, 1.807) is 32.4 Å². The third kappa shape index (κ3) is 5.53. The zero-order valence-corrected chi connectivity index (χ0v) is 20.0. The lowest BCUT2D eigenvalue weighted by molar-refractivity contribution is -0.134. The van der Waals surface area contributed by atoms with Gasteiger partial charge in [0, 0.05) is 58.4 Å². The number of hydrogen-bond acceptors (Lipinski definition) is 6. The molecule has 0 aromatic heterocycles. The van der Waals surface area contributed by atoms with Gasteiger partial charge in [0.05, 0.1) is 26.3 Å². The first-order valence-corrected chi connectivity index (χ1v) is 11.8. The second-order valence-electron chi connectivity index (χ2n) is 8.50. The summed E-state index contributed by atoms with van der Waals surface area (Å²) in [7, 11) is 3.11. The number of nitrogens with zero attached hydrogens (tertiary/aromatic N) is 4. The summed E-state index contributed by atoms with van der Waals surface area (Å²) in [5.41, 5.74) is 0.506. The molecule has 0 bridgehead atoms. The molecular formula is C24H38N4O4. The fourth-order valence-corrected chi connectivity index (χ4v) is 4.77. The van der Waals surface area contributed by atoms with E-state index in [9.17, 15) is 9.59 Å². The normalized spacial score (nSPS) is 18.2. The van der Waals surface area contributed by atoms with Crippen LogP contribution in [0.15, 0.2) is 18.2 Å². The molecule has 1 aromatic carbocycles. The summed E-state index contributed by atoms with van der Waals surface area (Å²) in [5, 5.41) is 0. The summed E-state index contributed by atoms with van der Waals surface area (Å²) in [6.45, 7) is 11.0. The van der Waals surface area contributed by atoms with Gasteiger partial charge in [0.1, 0.15) is 0 Å². The second kappa shape index (κ2) is 11.5. The van der Waals surface area contributed by atoms with Gasteiger partial charge in [-0.1, -0.05) is 19.9 Å². The van der Waals surface area contributed by atoms with E-state index in [1.165, 1.54) is 0 Å². The highest BCUT2D eigenvalue weighted by Crippen LogP contribution is 2.31. The van der Waals surface area contributed by atoms with Gasteiger partial charge in [-0.15, -0.1) is 0 Å². The van der Waals surface area contributed by atoms with Gasteiger partial charge in [-0.05, 0) is 25.0 Å². The molecule has 8 heteroatoms. The molecule has 8 nitrogen and oxygen atoms in total. The van der Waals surface area contributed by atoms with Crippen LogP contribution in [0.25, 0.3) is 0 Å². The Balaban J connectivity index is 1.48. The van der Waals surface area contributed by atoms with E-state index in [2.05, 4.69) is 23.6 Å². The standard InChI is InChI=1S/C24H38N4O4/c1-5-19(6-2)26-14-16-27(17-15-26)22(29)18-25-10-12-28(13-11-25)24(30)20-8-7-9-21(31-3)23(20)32-4/h7-9,19H,5-6,10-18H2,1-4H3. The summed E-state index contributed by atoms with van der Waals surface area (Å²) >= 11 is 0. The number of carbonyl (C=O) groups is 2. The van der Waals surface area contributed by atoms with Gasteiger partial charge in [0.15, 0.2) is 11.5 Å². The molecule has 2 saturated heterocycles. The molecule has 0 spiro atoms. The summed E-state index contributed by atoms with van der Waals surface area (Å²) in [5.74, 6) is 1.14. The van der Waals surface area contributed by atoms with Crippen LogP contribution in [-0.4, -0.2) is 111 Å². The molecular weight excluding hydrogens is 408 g/mol. The Bertz CT molecular complexity index is 767. The molecule has 32 heavy (non-hydrogen) atoms. The van der Waals surface area contributed by atoms with Crippen LogP contribution in [0, 0.1) is 0 Å². The van der Waals surface area contributed by atoms with Crippen LogP contribution in [0.1, 0.15) is 37.0 Å². The number of rotatable bonds is 8. The van der Waals surface area contributed by atoms with Crippen molar-refractivity contribution in [3.05, 3.63) is 23.8 Å². The van der Waals surface area contributed by atoms with E-state index < -0.39 is 0 Å². The van der Waals surface area contributed by atoms with Crippen LogP contribution < -0.4 is 9.47 Å². The molecule has 0 radical (unpaired) electrons. The number of carbonyl (C=O) groups excluding carboxylic acids is 2. The lowest BCUT2D eigenvalue weighted by Gasteiger charge is -2.40. The molecule has 3 rings (SSSR count). The van der Waals surface area contributed by atoms with Crippen molar-refractivity contribution >= 4 is 11.8 Å². The smallest absolute Gasteiger partial charge is 0.257 e. The number of ether oxygens (including phenoxy) is 2. The summed E-state index contributed by atoms with van der Waals surface area (Å²) in [6.07, 6.45) is 2.32. The number of amides is 2. The number of para-hydroxylation sites is 1. The van der Waals surface area contributed by atoms with Crippen molar-refractivity contribution in [2.24, 2.45) is 0 Å². The average Bonchev–Trinajstić information content (AvgIpc) is 2.84. The van der Waals surface area contributed by atoms with Gasteiger partial charge >= 0.3 is 0 Å². The zero-order valence-electron chi connectivity index (χ0n) is 20.0. The van der Waals surface area contributed by atoms with E-state index in [4.69, 9.17) is 9.47 Å². The van der Waals surface area contributed by atoms with Crippen LogP contribution in [0.3, 0.4) is 0 Å². The van der Waals surface area contributed by atoms with Gasteiger partial charge in [-0.2, -0.15) is 0 Å². The Morgan fingerprint density at radius 3 is 2.06 bits per heavy atom. The molecule has 1 aromatic rings. The third-order valence-corrected chi connectivity index (χ3v) is 6.78. The van der Waals surface area contributed by atoms with Crippen molar-refractivity contribution < 1.29 is 19.1 Å². The quantitative estimate of drug-likeness (QED) is 0.607. The van der Waals surface area contributed by atoms with Crippen molar-refractivity contribution in [3.63, 3.8) is 0 Å². The summed E-state index contributed by atoms with van der Waals surface area (Å²) in [4.78, 5) is 34.4.